The van der Waals surface area contributed by atoms with E-state index in [4.69, 9.17) is 21.6 Å². The predicted molar refractivity (Wildman–Crippen MR) is 206 cm³/mol. The Kier molecular flexibility index (Phi) is 11.8. The van der Waals surface area contributed by atoms with Crippen LogP contribution in [0.3, 0.4) is 0 Å². The molecule has 8 nitrogen and oxygen atoms in total. The number of anilines is 2. The van der Waals surface area contributed by atoms with Gasteiger partial charge in [-0.25, -0.2) is 9.97 Å². The standard InChI is InChI=1S/C40H43ClN6O.CH5N/c1-29-11-13-31(14-12-29)39(32-15-17-33(41)18-16-32)45-25-23-44(24-26-45)27-38-42-36-9-5-4-8-35(36)40(43-38)46-21-19-34(20-22-46)47(28-48)37-10-6-3-7-30(37)2;1-2/h3-18,28,34,39H,19-27H2,1-2H3;2H2,1H3. The quantitative estimate of drug-likeness (QED) is 0.167. The summed E-state index contributed by atoms with van der Waals surface area (Å²) in [7, 11) is 1.50. The molecule has 0 aliphatic carbocycles. The lowest BCUT2D eigenvalue weighted by atomic mass is 9.95. The summed E-state index contributed by atoms with van der Waals surface area (Å²) in [6.45, 7) is 10.4. The van der Waals surface area contributed by atoms with Gasteiger partial charge in [0.15, 0.2) is 0 Å². The second kappa shape index (κ2) is 16.6. The predicted octanol–water partition coefficient (Wildman–Crippen LogP) is 7.01. The Morgan fingerprint density at radius 2 is 1.42 bits per heavy atom. The van der Waals surface area contributed by atoms with Gasteiger partial charge in [-0.2, -0.15) is 0 Å². The third-order valence-corrected chi connectivity index (χ3v) is 10.3. The average Bonchev–Trinajstić information content (AvgIpc) is 3.16. The lowest BCUT2D eigenvalue weighted by Crippen LogP contribution is -2.47. The van der Waals surface area contributed by atoms with Crippen molar-refractivity contribution in [2.45, 2.75) is 45.3 Å². The van der Waals surface area contributed by atoms with Crippen molar-refractivity contribution in [3.05, 3.63) is 130 Å². The molecule has 0 radical (unpaired) electrons. The van der Waals surface area contributed by atoms with Gasteiger partial charge >= 0.3 is 0 Å². The minimum atomic E-state index is 0.167. The van der Waals surface area contributed by atoms with Crippen molar-refractivity contribution in [2.24, 2.45) is 5.73 Å². The van der Waals surface area contributed by atoms with Crippen LogP contribution in [-0.4, -0.2) is 78.5 Å². The van der Waals surface area contributed by atoms with Crippen LogP contribution in [0.15, 0.2) is 97.1 Å². The maximum Gasteiger partial charge on any atom is 0.214 e. The largest absolute Gasteiger partial charge is 0.356 e. The van der Waals surface area contributed by atoms with Crippen LogP contribution in [0, 0.1) is 13.8 Å². The van der Waals surface area contributed by atoms with E-state index in [1.54, 1.807) is 0 Å². The van der Waals surface area contributed by atoms with E-state index in [0.29, 0.717) is 6.54 Å². The topological polar surface area (TPSA) is 81.8 Å². The van der Waals surface area contributed by atoms with E-state index < -0.39 is 0 Å². The van der Waals surface area contributed by atoms with Gasteiger partial charge in [-0.05, 0) is 80.8 Å². The number of hydrogen-bond donors (Lipinski definition) is 1. The average molecular weight is 690 g/mol. The van der Waals surface area contributed by atoms with Crippen molar-refractivity contribution >= 4 is 40.4 Å². The summed E-state index contributed by atoms with van der Waals surface area (Å²) in [5.74, 6) is 1.87. The van der Waals surface area contributed by atoms with Crippen molar-refractivity contribution in [3.63, 3.8) is 0 Å². The van der Waals surface area contributed by atoms with Crippen molar-refractivity contribution in [3.8, 4) is 0 Å². The number of nitrogens with zero attached hydrogens (tertiary/aromatic N) is 6. The van der Waals surface area contributed by atoms with E-state index in [1.807, 2.05) is 35.2 Å². The number of benzene rings is 4. The first-order valence-electron chi connectivity index (χ1n) is 17.6. The van der Waals surface area contributed by atoms with E-state index in [0.717, 1.165) is 97.3 Å². The number of carbonyl (C=O) groups is 1. The monoisotopic (exact) mass is 689 g/mol. The second-order valence-electron chi connectivity index (χ2n) is 13.2. The molecule has 1 unspecified atom stereocenters. The van der Waals surface area contributed by atoms with Crippen LogP contribution in [0.4, 0.5) is 11.5 Å². The van der Waals surface area contributed by atoms with Gasteiger partial charge in [0.1, 0.15) is 11.6 Å². The van der Waals surface area contributed by atoms with Gasteiger partial charge in [0, 0.05) is 61.4 Å². The van der Waals surface area contributed by atoms with Crippen LogP contribution < -0.4 is 15.5 Å². The summed E-state index contributed by atoms with van der Waals surface area (Å²) < 4.78 is 0. The molecule has 260 valence electrons. The summed E-state index contributed by atoms with van der Waals surface area (Å²) in [4.78, 5) is 31.8. The van der Waals surface area contributed by atoms with Crippen LogP contribution >= 0.6 is 11.6 Å². The summed E-state index contributed by atoms with van der Waals surface area (Å²) in [6.07, 6.45) is 2.77. The van der Waals surface area contributed by atoms with Gasteiger partial charge in [0.05, 0.1) is 18.1 Å². The molecular weight excluding hydrogens is 642 g/mol. The van der Waals surface area contributed by atoms with Gasteiger partial charge < -0.3 is 15.5 Å². The van der Waals surface area contributed by atoms with Crippen molar-refractivity contribution in [1.82, 2.24) is 19.8 Å². The number of halogens is 1. The first-order chi connectivity index (χ1) is 24.5. The molecule has 4 aromatic carbocycles. The number of piperidine rings is 1. The molecule has 2 N–H and O–H groups in total. The molecule has 1 atom stereocenters. The third-order valence-electron chi connectivity index (χ3n) is 10.0. The van der Waals surface area contributed by atoms with Gasteiger partial charge in [0.2, 0.25) is 6.41 Å². The third kappa shape index (κ3) is 8.00. The molecule has 50 heavy (non-hydrogen) atoms. The highest BCUT2D eigenvalue weighted by atomic mass is 35.5. The fraction of sp³-hybridized carbons (Fsp3) is 0.341. The lowest BCUT2D eigenvalue weighted by Gasteiger charge is -2.40. The molecule has 2 fully saturated rings. The number of piperazine rings is 1. The molecule has 7 rings (SSSR count). The molecule has 0 saturated carbocycles. The first-order valence-corrected chi connectivity index (χ1v) is 18.0. The zero-order valence-corrected chi connectivity index (χ0v) is 30.1. The Morgan fingerprint density at radius 3 is 2.08 bits per heavy atom. The minimum absolute atomic E-state index is 0.167. The summed E-state index contributed by atoms with van der Waals surface area (Å²) in [5.41, 5.74) is 11.4. The number of fused-ring (bicyclic) bond motifs is 1. The Labute approximate surface area is 301 Å². The Morgan fingerprint density at radius 1 is 0.800 bits per heavy atom. The molecule has 3 heterocycles. The van der Waals surface area contributed by atoms with Crippen molar-refractivity contribution in [1.29, 1.82) is 0 Å². The molecular formula is C41H48ClN7O. The van der Waals surface area contributed by atoms with E-state index in [9.17, 15) is 4.79 Å². The molecule has 1 amide bonds. The number of aryl methyl sites for hydroxylation is 2. The van der Waals surface area contributed by atoms with Gasteiger partial charge in [-0.15, -0.1) is 0 Å². The highest BCUT2D eigenvalue weighted by Crippen LogP contribution is 2.33. The van der Waals surface area contributed by atoms with Crippen LogP contribution in [0.1, 0.15) is 47.0 Å². The molecule has 2 aliphatic heterocycles. The first kappa shape index (κ1) is 35.5. The Balaban J connectivity index is 0.00000212. The molecule has 2 aliphatic rings. The van der Waals surface area contributed by atoms with Gasteiger partial charge in [-0.3, -0.25) is 14.6 Å². The van der Waals surface area contributed by atoms with E-state index in [-0.39, 0.29) is 12.1 Å². The van der Waals surface area contributed by atoms with Crippen LogP contribution in [0.25, 0.3) is 10.9 Å². The van der Waals surface area contributed by atoms with Crippen LogP contribution in [0.5, 0.6) is 0 Å². The number of rotatable bonds is 9. The maximum atomic E-state index is 12.2. The lowest BCUT2D eigenvalue weighted by molar-refractivity contribution is -0.108. The summed E-state index contributed by atoms with van der Waals surface area (Å²) in [5, 5.41) is 1.84. The summed E-state index contributed by atoms with van der Waals surface area (Å²) >= 11 is 6.27. The van der Waals surface area contributed by atoms with Gasteiger partial charge in [-0.1, -0.05) is 83.9 Å². The molecule has 5 aromatic rings. The molecule has 9 heteroatoms. The Hall–Kier alpha value is -4.34. The number of carbonyl (C=O) groups excluding carboxylic acids is 1. The highest BCUT2D eigenvalue weighted by Gasteiger charge is 2.29. The Bertz CT molecular complexity index is 1800. The molecule has 0 bridgehead atoms. The molecule has 2 saturated heterocycles. The number of para-hydroxylation sites is 2. The van der Waals surface area contributed by atoms with Crippen molar-refractivity contribution in [2.75, 3.05) is 56.1 Å². The minimum Gasteiger partial charge on any atom is -0.356 e. The SMILES string of the molecule is CN.Cc1ccc(C(c2ccc(Cl)cc2)N2CCN(Cc3nc(N4CCC(N(C=O)c5ccccc5C)CC4)c4ccccc4n3)CC2)cc1. The fourth-order valence-corrected chi connectivity index (χ4v) is 7.48. The number of aromatic nitrogens is 2. The second-order valence-corrected chi connectivity index (χ2v) is 13.6. The highest BCUT2D eigenvalue weighted by molar-refractivity contribution is 6.30. The number of nitrogens with two attached hydrogens (primary N) is 1. The normalized spacial score (nSPS) is 16.5. The summed E-state index contributed by atoms with van der Waals surface area (Å²) in [6, 6.07) is 34.1. The molecule has 1 aromatic heterocycles. The maximum absolute atomic E-state index is 12.2. The number of amides is 1. The van der Waals surface area contributed by atoms with E-state index in [2.05, 4.69) is 101 Å². The van der Waals surface area contributed by atoms with Crippen LogP contribution in [-0.2, 0) is 11.3 Å². The zero-order chi connectivity index (χ0) is 35.0. The number of hydrogen-bond acceptors (Lipinski definition) is 7. The molecule has 0 spiro atoms. The zero-order valence-electron chi connectivity index (χ0n) is 29.4. The smallest absolute Gasteiger partial charge is 0.214 e. The van der Waals surface area contributed by atoms with Crippen LogP contribution in [0.2, 0.25) is 5.02 Å². The van der Waals surface area contributed by atoms with E-state index >= 15 is 0 Å². The van der Waals surface area contributed by atoms with Gasteiger partial charge in [0.25, 0.3) is 0 Å². The fourth-order valence-electron chi connectivity index (χ4n) is 7.35. The van der Waals surface area contributed by atoms with Crippen molar-refractivity contribution < 1.29 is 4.79 Å². The van der Waals surface area contributed by atoms with E-state index in [1.165, 1.54) is 23.7 Å².